The molecule has 110 valence electrons. The number of methoxy groups -OCH3 is 1. The average Bonchev–Trinajstić information content (AvgIpc) is 2.98. The maximum Gasteiger partial charge on any atom is 0.337 e. The van der Waals surface area contributed by atoms with Crippen LogP contribution in [0.2, 0.25) is 0 Å². The van der Waals surface area contributed by atoms with Crippen molar-refractivity contribution in [2.45, 2.75) is 0 Å². The molecule has 0 bridgehead atoms. The summed E-state index contributed by atoms with van der Waals surface area (Å²) in [5, 5.41) is 3.84. The Kier molecular flexibility index (Phi) is 3.89. The number of benzene rings is 2. The van der Waals surface area contributed by atoms with Crippen LogP contribution in [0.15, 0.2) is 54.6 Å². The third kappa shape index (κ3) is 2.84. The van der Waals surface area contributed by atoms with Crippen LogP contribution in [-0.4, -0.2) is 19.0 Å². The second kappa shape index (κ2) is 5.99. The molecule has 0 saturated carbocycles. The quantitative estimate of drug-likeness (QED) is 0.745. The van der Waals surface area contributed by atoms with Crippen molar-refractivity contribution in [3.63, 3.8) is 0 Å². The van der Waals surface area contributed by atoms with E-state index < -0.39 is 5.97 Å². The molecule has 22 heavy (non-hydrogen) atoms. The second-order valence-corrected chi connectivity index (χ2v) is 5.76. The van der Waals surface area contributed by atoms with Crippen molar-refractivity contribution in [3.05, 3.63) is 65.0 Å². The number of anilines is 1. The number of hydrogen-bond acceptors (Lipinski definition) is 4. The van der Waals surface area contributed by atoms with Gasteiger partial charge in [-0.25, -0.2) is 4.79 Å². The second-order valence-electron chi connectivity index (χ2n) is 4.67. The molecule has 0 fully saturated rings. The van der Waals surface area contributed by atoms with E-state index in [1.165, 1.54) is 18.4 Å². The van der Waals surface area contributed by atoms with Gasteiger partial charge < -0.3 is 10.1 Å². The molecule has 1 heterocycles. The molecule has 0 aliphatic heterocycles. The minimum absolute atomic E-state index is 0.191. The summed E-state index contributed by atoms with van der Waals surface area (Å²) in [4.78, 5) is 24.5. The molecule has 3 rings (SSSR count). The molecular formula is C17H13NO3S. The summed E-state index contributed by atoms with van der Waals surface area (Å²) in [6, 6.07) is 16.4. The number of carbonyl (C=O) groups is 2. The van der Waals surface area contributed by atoms with Crippen molar-refractivity contribution in [1.29, 1.82) is 0 Å². The number of fused-ring (bicyclic) bond motifs is 1. The Balaban J connectivity index is 1.83. The first-order valence-electron chi connectivity index (χ1n) is 6.65. The molecule has 5 heteroatoms. The van der Waals surface area contributed by atoms with Crippen LogP contribution in [-0.2, 0) is 4.74 Å². The predicted octanol–water partition coefficient (Wildman–Crippen LogP) is 3.94. The number of thiophene rings is 1. The van der Waals surface area contributed by atoms with Gasteiger partial charge in [-0.2, -0.15) is 0 Å². The number of nitrogens with one attached hydrogen (secondary N) is 1. The SMILES string of the molecule is COC(=O)c1cccc(NC(=O)c2cc3ccccc3s2)c1. The molecule has 0 atom stereocenters. The fourth-order valence-electron chi connectivity index (χ4n) is 2.13. The van der Waals surface area contributed by atoms with E-state index in [0.717, 1.165) is 10.1 Å². The van der Waals surface area contributed by atoms with E-state index in [0.29, 0.717) is 16.1 Å². The van der Waals surface area contributed by atoms with Crippen molar-refractivity contribution in [2.24, 2.45) is 0 Å². The Morgan fingerprint density at radius 2 is 1.86 bits per heavy atom. The van der Waals surface area contributed by atoms with Gasteiger partial charge in [-0.1, -0.05) is 24.3 Å². The zero-order valence-electron chi connectivity index (χ0n) is 11.8. The van der Waals surface area contributed by atoms with Gasteiger partial charge in [0.05, 0.1) is 17.6 Å². The highest BCUT2D eigenvalue weighted by Crippen LogP contribution is 2.26. The Morgan fingerprint density at radius 3 is 2.64 bits per heavy atom. The Morgan fingerprint density at radius 1 is 1.05 bits per heavy atom. The van der Waals surface area contributed by atoms with E-state index in [-0.39, 0.29) is 5.91 Å². The summed E-state index contributed by atoms with van der Waals surface area (Å²) >= 11 is 1.44. The molecule has 0 radical (unpaired) electrons. The Hall–Kier alpha value is -2.66. The van der Waals surface area contributed by atoms with Gasteiger partial charge in [0.25, 0.3) is 5.91 Å². The molecule has 1 aromatic heterocycles. The number of hydrogen-bond donors (Lipinski definition) is 1. The maximum atomic E-state index is 12.3. The Bertz CT molecular complexity index is 821. The molecule has 4 nitrogen and oxygen atoms in total. The lowest BCUT2D eigenvalue weighted by Crippen LogP contribution is -2.11. The average molecular weight is 311 g/mol. The maximum absolute atomic E-state index is 12.3. The molecule has 3 aromatic rings. The summed E-state index contributed by atoms with van der Waals surface area (Å²) in [5.41, 5.74) is 0.960. The minimum atomic E-state index is -0.432. The van der Waals surface area contributed by atoms with Crippen molar-refractivity contribution >= 4 is 39.0 Å². The summed E-state index contributed by atoms with van der Waals surface area (Å²) < 4.78 is 5.74. The van der Waals surface area contributed by atoms with Crippen LogP contribution in [0.4, 0.5) is 5.69 Å². The molecule has 1 amide bonds. The van der Waals surface area contributed by atoms with Gasteiger partial charge in [-0.3, -0.25) is 4.79 Å². The summed E-state index contributed by atoms with van der Waals surface area (Å²) in [7, 11) is 1.32. The van der Waals surface area contributed by atoms with E-state index in [9.17, 15) is 9.59 Å². The molecule has 0 aliphatic rings. The Labute approximate surface area is 131 Å². The van der Waals surface area contributed by atoms with Gasteiger partial charge in [-0.15, -0.1) is 11.3 Å². The van der Waals surface area contributed by atoms with E-state index >= 15 is 0 Å². The number of carbonyl (C=O) groups excluding carboxylic acids is 2. The lowest BCUT2D eigenvalue weighted by Gasteiger charge is -2.05. The third-order valence-electron chi connectivity index (χ3n) is 3.19. The van der Waals surface area contributed by atoms with E-state index in [1.807, 2.05) is 30.3 Å². The highest BCUT2D eigenvalue weighted by molar-refractivity contribution is 7.20. The van der Waals surface area contributed by atoms with Gasteiger partial charge in [0.2, 0.25) is 0 Å². The highest BCUT2D eigenvalue weighted by atomic mass is 32.1. The fraction of sp³-hybridized carbons (Fsp3) is 0.0588. The van der Waals surface area contributed by atoms with Gasteiger partial charge >= 0.3 is 5.97 Å². The van der Waals surface area contributed by atoms with Crippen LogP contribution in [0.5, 0.6) is 0 Å². The highest BCUT2D eigenvalue weighted by Gasteiger charge is 2.12. The van der Waals surface area contributed by atoms with Crippen molar-refractivity contribution in [3.8, 4) is 0 Å². The van der Waals surface area contributed by atoms with Gasteiger partial charge in [-0.05, 0) is 35.7 Å². The predicted molar refractivity (Wildman–Crippen MR) is 87.6 cm³/mol. The van der Waals surface area contributed by atoms with Gasteiger partial charge in [0.1, 0.15) is 0 Å². The van der Waals surface area contributed by atoms with E-state index in [4.69, 9.17) is 0 Å². The minimum Gasteiger partial charge on any atom is -0.465 e. The molecule has 0 saturated heterocycles. The van der Waals surface area contributed by atoms with Crippen molar-refractivity contribution in [2.75, 3.05) is 12.4 Å². The lowest BCUT2D eigenvalue weighted by atomic mass is 10.2. The fourth-order valence-corrected chi connectivity index (χ4v) is 3.09. The summed E-state index contributed by atoms with van der Waals surface area (Å²) in [5.74, 6) is -0.624. The zero-order chi connectivity index (χ0) is 15.5. The monoisotopic (exact) mass is 311 g/mol. The van der Waals surface area contributed by atoms with Gasteiger partial charge in [0, 0.05) is 10.4 Å². The molecule has 0 aliphatic carbocycles. The molecular weight excluding hydrogens is 298 g/mol. The van der Waals surface area contributed by atoms with Crippen LogP contribution in [0.25, 0.3) is 10.1 Å². The summed E-state index contributed by atoms with van der Waals surface area (Å²) in [6.45, 7) is 0. The molecule has 2 aromatic carbocycles. The number of ether oxygens (including phenoxy) is 1. The third-order valence-corrected chi connectivity index (χ3v) is 4.31. The smallest absolute Gasteiger partial charge is 0.337 e. The van der Waals surface area contributed by atoms with Gasteiger partial charge in [0.15, 0.2) is 0 Å². The first-order valence-corrected chi connectivity index (χ1v) is 7.47. The standard InChI is InChI=1S/C17H13NO3S/c1-21-17(20)12-6-4-7-13(9-12)18-16(19)15-10-11-5-2-3-8-14(11)22-15/h2-10H,1H3,(H,18,19). The van der Waals surface area contributed by atoms with E-state index in [1.54, 1.807) is 24.3 Å². The number of esters is 1. The molecule has 0 spiro atoms. The molecule has 0 unspecified atom stereocenters. The van der Waals surface area contributed by atoms with Crippen LogP contribution < -0.4 is 5.32 Å². The normalized spacial score (nSPS) is 10.4. The van der Waals surface area contributed by atoms with Crippen LogP contribution >= 0.6 is 11.3 Å². The summed E-state index contributed by atoms with van der Waals surface area (Å²) in [6.07, 6.45) is 0. The van der Waals surface area contributed by atoms with Crippen molar-refractivity contribution in [1.82, 2.24) is 0 Å². The first-order chi connectivity index (χ1) is 10.7. The number of amides is 1. The van der Waals surface area contributed by atoms with Crippen LogP contribution in [0.3, 0.4) is 0 Å². The van der Waals surface area contributed by atoms with E-state index in [2.05, 4.69) is 10.1 Å². The lowest BCUT2D eigenvalue weighted by molar-refractivity contribution is 0.0600. The largest absolute Gasteiger partial charge is 0.465 e. The first kappa shape index (κ1) is 14.3. The van der Waals surface area contributed by atoms with Crippen LogP contribution in [0.1, 0.15) is 20.0 Å². The van der Waals surface area contributed by atoms with Crippen molar-refractivity contribution < 1.29 is 14.3 Å². The number of rotatable bonds is 3. The molecule has 1 N–H and O–H groups in total. The zero-order valence-corrected chi connectivity index (χ0v) is 12.6. The van der Waals surface area contributed by atoms with Crippen LogP contribution in [0, 0.1) is 0 Å². The topological polar surface area (TPSA) is 55.4 Å².